The van der Waals surface area contributed by atoms with Crippen molar-refractivity contribution in [2.24, 2.45) is 0 Å². The van der Waals surface area contributed by atoms with E-state index in [0.29, 0.717) is 5.76 Å². The van der Waals surface area contributed by atoms with Gasteiger partial charge in [0.1, 0.15) is 17.3 Å². The molecule has 3 N–H and O–H groups in total. The van der Waals surface area contributed by atoms with Crippen LogP contribution in [0.15, 0.2) is 34.7 Å². The Hall–Kier alpha value is -2.30. The first-order valence-corrected chi connectivity index (χ1v) is 5.89. The summed E-state index contributed by atoms with van der Waals surface area (Å²) in [6.45, 7) is 3.62. The smallest absolute Gasteiger partial charge is 0.252 e. The summed E-state index contributed by atoms with van der Waals surface area (Å²) in [6, 6.07) is 7.05. The number of furan rings is 1. The summed E-state index contributed by atoms with van der Waals surface area (Å²) in [4.78, 5) is 12.0. The molecule has 2 aromatic rings. The van der Waals surface area contributed by atoms with E-state index in [2.05, 4.69) is 5.32 Å². The lowest BCUT2D eigenvalue weighted by molar-refractivity contribution is 0.0934. The maximum atomic E-state index is 13.2. The van der Waals surface area contributed by atoms with Crippen molar-refractivity contribution in [2.45, 2.75) is 19.9 Å². The predicted octanol–water partition coefficient (Wildman–Crippen LogP) is 2.80. The second kappa shape index (κ2) is 5.14. The van der Waals surface area contributed by atoms with Crippen molar-refractivity contribution in [2.75, 3.05) is 5.73 Å². The largest absolute Gasteiger partial charge is 0.464 e. The van der Waals surface area contributed by atoms with E-state index in [9.17, 15) is 9.18 Å². The van der Waals surface area contributed by atoms with Crippen LogP contribution < -0.4 is 11.1 Å². The number of carbonyl (C=O) groups is 1. The van der Waals surface area contributed by atoms with Crippen LogP contribution >= 0.6 is 0 Å². The van der Waals surface area contributed by atoms with Gasteiger partial charge in [0.25, 0.3) is 5.91 Å². The van der Waals surface area contributed by atoms with Crippen LogP contribution in [0.25, 0.3) is 0 Å². The Balaban J connectivity index is 2.12. The number of rotatable bonds is 3. The van der Waals surface area contributed by atoms with Crippen molar-refractivity contribution >= 4 is 11.6 Å². The number of aryl methyl sites for hydroxylation is 1. The number of benzene rings is 1. The van der Waals surface area contributed by atoms with Gasteiger partial charge in [-0.2, -0.15) is 0 Å². The molecular weight excluding hydrogens is 247 g/mol. The number of carbonyl (C=O) groups excluding carboxylic acids is 1. The Morgan fingerprint density at radius 2 is 2.11 bits per heavy atom. The lowest BCUT2D eigenvalue weighted by atomic mass is 10.1. The van der Waals surface area contributed by atoms with E-state index in [1.54, 1.807) is 13.0 Å². The number of hydrogen-bond acceptors (Lipinski definition) is 3. The Kier molecular flexibility index (Phi) is 3.55. The average molecular weight is 262 g/mol. The third-order valence-electron chi connectivity index (χ3n) is 2.72. The molecule has 1 heterocycles. The number of anilines is 1. The molecule has 0 saturated carbocycles. The summed E-state index contributed by atoms with van der Waals surface area (Å²) in [5.74, 6) is 0.487. The predicted molar refractivity (Wildman–Crippen MR) is 70.1 cm³/mol. The number of amides is 1. The van der Waals surface area contributed by atoms with Gasteiger partial charge in [-0.1, -0.05) is 0 Å². The summed E-state index contributed by atoms with van der Waals surface area (Å²) in [5, 5.41) is 2.73. The number of nitrogens with two attached hydrogens (primary N) is 1. The van der Waals surface area contributed by atoms with Gasteiger partial charge in [0, 0.05) is 11.3 Å². The minimum absolute atomic E-state index is 0.188. The third kappa shape index (κ3) is 3.13. The van der Waals surface area contributed by atoms with Crippen LogP contribution in [0.4, 0.5) is 10.1 Å². The maximum absolute atomic E-state index is 13.2. The van der Waals surface area contributed by atoms with E-state index in [1.165, 1.54) is 6.07 Å². The molecule has 0 aliphatic heterocycles. The SMILES string of the molecule is Cc1ccc(C(C)NC(=O)c2cc(N)cc(F)c2)o1. The van der Waals surface area contributed by atoms with E-state index < -0.39 is 11.7 Å². The normalized spacial score (nSPS) is 12.2. The van der Waals surface area contributed by atoms with Gasteiger partial charge >= 0.3 is 0 Å². The van der Waals surface area contributed by atoms with E-state index in [4.69, 9.17) is 10.2 Å². The zero-order valence-electron chi connectivity index (χ0n) is 10.7. The Morgan fingerprint density at radius 1 is 1.37 bits per heavy atom. The van der Waals surface area contributed by atoms with Gasteiger partial charge in [-0.3, -0.25) is 4.79 Å². The van der Waals surface area contributed by atoms with Gasteiger partial charge in [0.15, 0.2) is 0 Å². The van der Waals surface area contributed by atoms with E-state index in [0.717, 1.165) is 17.9 Å². The molecule has 4 nitrogen and oxygen atoms in total. The Bertz CT molecular complexity index is 587. The van der Waals surface area contributed by atoms with Crippen LogP contribution in [-0.2, 0) is 0 Å². The Morgan fingerprint density at radius 3 is 2.68 bits per heavy atom. The van der Waals surface area contributed by atoms with Crippen molar-refractivity contribution in [3.8, 4) is 0 Å². The fraction of sp³-hybridized carbons (Fsp3) is 0.214. The second-order valence-corrected chi connectivity index (χ2v) is 4.42. The molecular formula is C14H15FN2O2. The van der Waals surface area contributed by atoms with Crippen molar-refractivity contribution < 1.29 is 13.6 Å². The minimum Gasteiger partial charge on any atom is -0.464 e. The van der Waals surface area contributed by atoms with E-state index in [1.807, 2.05) is 13.0 Å². The number of nitrogen functional groups attached to an aromatic ring is 1. The van der Waals surface area contributed by atoms with Gasteiger partial charge in [0.2, 0.25) is 0 Å². The first-order chi connectivity index (χ1) is 8.95. The highest BCUT2D eigenvalue weighted by Crippen LogP contribution is 2.17. The number of nitrogens with one attached hydrogen (secondary N) is 1. The summed E-state index contributed by atoms with van der Waals surface area (Å²) in [7, 11) is 0. The molecule has 2 rings (SSSR count). The van der Waals surface area contributed by atoms with Crippen LogP contribution in [0, 0.1) is 12.7 Å². The van der Waals surface area contributed by atoms with Gasteiger partial charge in [-0.05, 0) is 44.2 Å². The molecule has 0 bridgehead atoms. The van der Waals surface area contributed by atoms with E-state index >= 15 is 0 Å². The van der Waals surface area contributed by atoms with Crippen molar-refractivity contribution in [1.82, 2.24) is 5.32 Å². The highest BCUT2D eigenvalue weighted by molar-refractivity contribution is 5.95. The highest BCUT2D eigenvalue weighted by Gasteiger charge is 2.15. The summed E-state index contributed by atoms with van der Waals surface area (Å²) in [6.07, 6.45) is 0. The van der Waals surface area contributed by atoms with Crippen LogP contribution in [0.5, 0.6) is 0 Å². The highest BCUT2D eigenvalue weighted by atomic mass is 19.1. The van der Waals surface area contributed by atoms with Crippen molar-refractivity contribution in [3.05, 3.63) is 53.2 Å². The third-order valence-corrected chi connectivity index (χ3v) is 2.72. The number of halogens is 1. The molecule has 0 radical (unpaired) electrons. The zero-order valence-corrected chi connectivity index (χ0v) is 10.7. The lowest BCUT2D eigenvalue weighted by Gasteiger charge is -2.12. The first-order valence-electron chi connectivity index (χ1n) is 5.89. The molecule has 0 saturated heterocycles. The fourth-order valence-electron chi connectivity index (χ4n) is 1.78. The maximum Gasteiger partial charge on any atom is 0.252 e. The molecule has 1 unspecified atom stereocenters. The molecule has 0 fully saturated rings. The molecule has 19 heavy (non-hydrogen) atoms. The molecule has 100 valence electrons. The van der Waals surface area contributed by atoms with E-state index in [-0.39, 0.29) is 17.3 Å². The molecule has 1 amide bonds. The van der Waals surface area contributed by atoms with Crippen molar-refractivity contribution in [1.29, 1.82) is 0 Å². The summed E-state index contributed by atoms with van der Waals surface area (Å²) in [5.41, 5.74) is 5.91. The Labute approximate surface area is 110 Å². The molecule has 1 atom stereocenters. The minimum atomic E-state index is -0.536. The molecule has 0 aliphatic carbocycles. The average Bonchev–Trinajstić information content (AvgIpc) is 2.74. The fourth-order valence-corrected chi connectivity index (χ4v) is 1.78. The van der Waals surface area contributed by atoms with Crippen LogP contribution in [0.2, 0.25) is 0 Å². The number of hydrogen-bond donors (Lipinski definition) is 2. The van der Waals surface area contributed by atoms with Crippen LogP contribution in [-0.4, -0.2) is 5.91 Å². The molecule has 1 aromatic heterocycles. The van der Waals surface area contributed by atoms with Gasteiger partial charge < -0.3 is 15.5 Å². The standard InChI is InChI=1S/C14H15FN2O2/c1-8-3-4-13(19-8)9(2)17-14(18)10-5-11(15)7-12(16)6-10/h3-7,9H,16H2,1-2H3,(H,17,18). The van der Waals surface area contributed by atoms with Gasteiger partial charge in [-0.15, -0.1) is 0 Å². The van der Waals surface area contributed by atoms with Gasteiger partial charge in [-0.25, -0.2) is 4.39 Å². The first kappa shape index (κ1) is 13.1. The second-order valence-electron chi connectivity index (χ2n) is 4.42. The molecule has 1 aromatic carbocycles. The molecule has 5 heteroatoms. The van der Waals surface area contributed by atoms with Crippen molar-refractivity contribution in [3.63, 3.8) is 0 Å². The summed E-state index contributed by atoms with van der Waals surface area (Å²) < 4.78 is 18.6. The lowest BCUT2D eigenvalue weighted by Crippen LogP contribution is -2.26. The topological polar surface area (TPSA) is 68.3 Å². The molecule has 0 spiro atoms. The molecule has 0 aliphatic rings. The zero-order chi connectivity index (χ0) is 14.0. The quantitative estimate of drug-likeness (QED) is 0.836. The van der Waals surface area contributed by atoms with Gasteiger partial charge in [0.05, 0.1) is 6.04 Å². The summed E-state index contributed by atoms with van der Waals surface area (Å²) >= 11 is 0. The monoisotopic (exact) mass is 262 g/mol. The van der Waals surface area contributed by atoms with Crippen LogP contribution in [0.1, 0.15) is 34.8 Å². The van der Waals surface area contributed by atoms with Crippen LogP contribution in [0.3, 0.4) is 0 Å².